The molecule has 2 fully saturated rings. The van der Waals surface area contributed by atoms with E-state index in [9.17, 15) is 5.11 Å². The number of aromatic nitrogens is 2. The van der Waals surface area contributed by atoms with Crippen LogP contribution in [0.25, 0.3) is 0 Å². The van der Waals surface area contributed by atoms with Gasteiger partial charge in [0.15, 0.2) is 0 Å². The van der Waals surface area contributed by atoms with Crippen molar-refractivity contribution in [1.82, 2.24) is 9.97 Å². The van der Waals surface area contributed by atoms with Crippen LogP contribution < -0.4 is 10.2 Å². The summed E-state index contributed by atoms with van der Waals surface area (Å²) in [5.74, 6) is 3.77. The molecule has 20 heavy (non-hydrogen) atoms. The summed E-state index contributed by atoms with van der Waals surface area (Å²) in [6.07, 6.45) is 3.08. The Bertz CT molecular complexity index is 479. The molecule has 3 atom stereocenters. The Kier molecular flexibility index (Phi) is 3.78. The molecule has 1 aliphatic heterocycles. The summed E-state index contributed by atoms with van der Waals surface area (Å²) >= 11 is 0. The lowest BCUT2D eigenvalue weighted by Gasteiger charge is -2.20. The summed E-state index contributed by atoms with van der Waals surface area (Å²) in [4.78, 5) is 11.3. The van der Waals surface area contributed by atoms with Gasteiger partial charge in [0.05, 0.1) is 6.10 Å². The van der Waals surface area contributed by atoms with E-state index in [-0.39, 0.29) is 6.10 Å². The number of aliphatic hydroxyl groups is 1. The molecule has 3 rings (SSSR count). The normalized spacial score (nSPS) is 28.8. The smallest absolute Gasteiger partial charge is 0.134 e. The van der Waals surface area contributed by atoms with E-state index < -0.39 is 0 Å². The largest absolute Gasteiger partial charge is 0.393 e. The minimum Gasteiger partial charge on any atom is -0.393 e. The number of aryl methyl sites for hydroxylation is 1. The van der Waals surface area contributed by atoms with Crippen LogP contribution in [0.4, 0.5) is 11.6 Å². The van der Waals surface area contributed by atoms with Crippen LogP contribution in [-0.4, -0.2) is 40.8 Å². The van der Waals surface area contributed by atoms with Gasteiger partial charge in [-0.2, -0.15) is 0 Å². The molecule has 0 radical (unpaired) electrons. The summed E-state index contributed by atoms with van der Waals surface area (Å²) in [6.45, 7) is 6.96. The van der Waals surface area contributed by atoms with Crippen molar-refractivity contribution >= 4 is 11.6 Å². The highest BCUT2D eigenvalue weighted by molar-refractivity contribution is 5.50. The molecule has 1 aliphatic carbocycles. The van der Waals surface area contributed by atoms with Gasteiger partial charge in [0, 0.05) is 31.6 Å². The number of aliphatic hydroxyl groups excluding tert-OH is 1. The number of rotatable bonds is 4. The number of nitrogens with one attached hydrogen (secondary N) is 1. The van der Waals surface area contributed by atoms with E-state index in [2.05, 4.69) is 27.1 Å². The molecule has 0 amide bonds. The molecular weight excluding hydrogens is 252 g/mol. The van der Waals surface area contributed by atoms with Gasteiger partial charge in [-0.3, -0.25) is 0 Å². The Morgan fingerprint density at radius 1 is 1.35 bits per heavy atom. The summed E-state index contributed by atoms with van der Waals surface area (Å²) in [6, 6.07) is 2.04. The maximum absolute atomic E-state index is 10.0. The van der Waals surface area contributed by atoms with Crippen LogP contribution in [0.2, 0.25) is 0 Å². The molecule has 1 saturated carbocycles. The quantitative estimate of drug-likeness (QED) is 0.878. The zero-order chi connectivity index (χ0) is 14.1. The molecule has 110 valence electrons. The summed E-state index contributed by atoms with van der Waals surface area (Å²) in [5, 5.41) is 13.3. The van der Waals surface area contributed by atoms with Gasteiger partial charge in [0.2, 0.25) is 0 Å². The number of anilines is 2. The van der Waals surface area contributed by atoms with Crippen LogP contribution in [0.15, 0.2) is 6.07 Å². The average Bonchev–Trinajstić information content (AvgIpc) is 2.99. The molecule has 2 N–H and O–H groups in total. The van der Waals surface area contributed by atoms with Crippen LogP contribution in [0.5, 0.6) is 0 Å². The zero-order valence-electron chi connectivity index (χ0n) is 12.3. The van der Waals surface area contributed by atoms with Crippen LogP contribution in [0, 0.1) is 18.8 Å². The maximum Gasteiger partial charge on any atom is 0.134 e. The molecule has 0 aromatic carbocycles. The van der Waals surface area contributed by atoms with Crippen molar-refractivity contribution in [3.05, 3.63) is 11.9 Å². The molecule has 1 aromatic heterocycles. The minimum atomic E-state index is -0.120. The van der Waals surface area contributed by atoms with Crippen molar-refractivity contribution in [1.29, 1.82) is 0 Å². The predicted octanol–water partition coefficient (Wildman–Crippen LogP) is 1.81. The molecule has 3 unspecified atom stereocenters. The molecular formula is C15H24N4O. The van der Waals surface area contributed by atoms with Gasteiger partial charge in [-0.05, 0) is 32.1 Å². The van der Waals surface area contributed by atoms with Gasteiger partial charge in [-0.15, -0.1) is 0 Å². The van der Waals surface area contributed by atoms with Gasteiger partial charge in [-0.1, -0.05) is 6.92 Å². The fraction of sp³-hybridized carbons (Fsp3) is 0.733. The number of hydrogen-bond acceptors (Lipinski definition) is 5. The monoisotopic (exact) mass is 276 g/mol. The maximum atomic E-state index is 10.0. The highest BCUT2D eigenvalue weighted by Gasteiger charge is 2.42. The Morgan fingerprint density at radius 3 is 2.95 bits per heavy atom. The third-order valence-electron chi connectivity index (χ3n) is 4.52. The fourth-order valence-corrected chi connectivity index (χ4v) is 3.48. The van der Waals surface area contributed by atoms with E-state index in [1.165, 1.54) is 0 Å². The summed E-state index contributed by atoms with van der Waals surface area (Å²) in [7, 11) is 0. The van der Waals surface area contributed by atoms with Gasteiger partial charge < -0.3 is 15.3 Å². The van der Waals surface area contributed by atoms with E-state index in [0.717, 1.165) is 56.4 Å². The molecule has 0 spiro atoms. The molecule has 1 saturated heterocycles. The fourth-order valence-electron chi connectivity index (χ4n) is 3.48. The molecule has 2 heterocycles. The van der Waals surface area contributed by atoms with Crippen molar-refractivity contribution in [2.75, 3.05) is 29.9 Å². The number of hydrogen-bond donors (Lipinski definition) is 2. The van der Waals surface area contributed by atoms with Gasteiger partial charge >= 0.3 is 0 Å². The van der Waals surface area contributed by atoms with Crippen LogP contribution >= 0.6 is 0 Å². The van der Waals surface area contributed by atoms with E-state index in [0.29, 0.717) is 11.8 Å². The molecule has 0 bridgehead atoms. The SMILES string of the molecule is CCCNc1cc(N2CC3CCC(O)C3C2)nc(C)n1. The van der Waals surface area contributed by atoms with E-state index in [1.54, 1.807) is 0 Å². The Labute approximate surface area is 120 Å². The second kappa shape index (κ2) is 5.56. The number of fused-ring (bicyclic) bond motifs is 1. The Balaban J connectivity index is 1.75. The van der Waals surface area contributed by atoms with E-state index in [1.807, 2.05) is 13.0 Å². The standard InChI is InChI=1S/C15H24N4O/c1-3-6-16-14-7-15(18-10(2)17-14)19-8-11-4-5-13(20)12(11)9-19/h7,11-13,20H,3-6,8-9H2,1-2H3,(H,16,17,18). The van der Waals surface area contributed by atoms with Crippen molar-refractivity contribution in [2.24, 2.45) is 11.8 Å². The minimum absolute atomic E-state index is 0.120. The van der Waals surface area contributed by atoms with Crippen molar-refractivity contribution in [3.63, 3.8) is 0 Å². The molecule has 5 heteroatoms. The third kappa shape index (κ3) is 2.59. The van der Waals surface area contributed by atoms with E-state index >= 15 is 0 Å². The second-order valence-corrected chi connectivity index (χ2v) is 6.06. The summed E-state index contributed by atoms with van der Waals surface area (Å²) < 4.78 is 0. The van der Waals surface area contributed by atoms with Crippen LogP contribution in [0.1, 0.15) is 32.0 Å². The highest BCUT2D eigenvalue weighted by atomic mass is 16.3. The first-order chi connectivity index (χ1) is 9.67. The van der Waals surface area contributed by atoms with E-state index in [4.69, 9.17) is 0 Å². The highest BCUT2D eigenvalue weighted by Crippen LogP contribution is 2.39. The molecule has 2 aliphatic rings. The van der Waals surface area contributed by atoms with Crippen molar-refractivity contribution in [2.45, 2.75) is 39.2 Å². The first-order valence-electron chi connectivity index (χ1n) is 7.70. The van der Waals surface area contributed by atoms with Gasteiger partial charge in [0.25, 0.3) is 0 Å². The molecule has 5 nitrogen and oxygen atoms in total. The van der Waals surface area contributed by atoms with Gasteiger partial charge in [0.1, 0.15) is 17.5 Å². The lowest BCUT2D eigenvalue weighted by atomic mass is 10.00. The van der Waals surface area contributed by atoms with Crippen LogP contribution in [-0.2, 0) is 0 Å². The first-order valence-corrected chi connectivity index (χ1v) is 7.70. The first kappa shape index (κ1) is 13.6. The van der Waals surface area contributed by atoms with Crippen molar-refractivity contribution < 1.29 is 5.11 Å². The lowest BCUT2D eigenvalue weighted by molar-refractivity contribution is 0.133. The Hall–Kier alpha value is -1.36. The Morgan fingerprint density at radius 2 is 2.20 bits per heavy atom. The van der Waals surface area contributed by atoms with Crippen molar-refractivity contribution in [3.8, 4) is 0 Å². The lowest BCUT2D eigenvalue weighted by Crippen LogP contribution is -2.25. The zero-order valence-corrected chi connectivity index (χ0v) is 12.3. The van der Waals surface area contributed by atoms with Gasteiger partial charge in [-0.25, -0.2) is 9.97 Å². The summed E-state index contributed by atoms with van der Waals surface area (Å²) in [5.41, 5.74) is 0. The molecule has 1 aromatic rings. The predicted molar refractivity (Wildman–Crippen MR) is 80.0 cm³/mol. The number of nitrogens with zero attached hydrogens (tertiary/aromatic N) is 3. The average molecular weight is 276 g/mol. The topological polar surface area (TPSA) is 61.3 Å². The third-order valence-corrected chi connectivity index (χ3v) is 4.52. The van der Waals surface area contributed by atoms with Crippen LogP contribution in [0.3, 0.4) is 0 Å². The second-order valence-electron chi connectivity index (χ2n) is 6.06.